The molecule has 1 atom stereocenters. The molecule has 6 heteroatoms. The standard InChI is InChI=1S/C10H11F4NO/c1-6-4-7(11)2-3-8(6)16-9(5-15)10(12,13)14/h2-4,9H,5,15H2,1H3. The predicted molar refractivity (Wildman–Crippen MR) is 50.7 cm³/mol. The highest BCUT2D eigenvalue weighted by Crippen LogP contribution is 2.26. The van der Waals surface area contributed by atoms with Crippen LogP contribution in [0.25, 0.3) is 0 Å². The molecule has 0 aliphatic heterocycles. The lowest BCUT2D eigenvalue weighted by Gasteiger charge is -2.21. The van der Waals surface area contributed by atoms with Gasteiger partial charge in [0.15, 0.2) is 0 Å². The van der Waals surface area contributed by atoms with E-state index in [-0.39, 0.29) is 5.75 Å². The van der Waals surface area contributed by atoms with Crippen molar-refractivity contribution < 1.29 is 22.3 Å². The van der Waals surface area contributed by atoms with Gasteiger partial charge in [0.2, 0.25) is 6.10 Å². The Morgan fingerprint density at radius 2 is 2.00 bits per heavy atom. The van der Waals surface area contributed by atoms with Gasteiger partial charge in [-0.1, -0.05) is 0 Å². The Morgan fingerprint density at radius 3 is 2.44 bits per heavy atom. The topological polar surface area (TPSA) is 35.2 Å². The van der Waals surface area contributed by atoms with Crippen molar-refractivity contribution >= 4 is 0 Å². The second kappa shape index (κ2) is 4.69. The van der Waals surface area contributed by atoms with Crippen molar-refractivity contribution in [1.82, 2.24) is 0 Å². The van der Waals surface area contributed by atoms with Gasteiger partial charge in [-0.3, -0.25) is 0 Å². The SMILES string of the molecule is Cc1cc(F)ccc1OC(CN)C(F)(F)F. The number of nitrogens with two attached hydrogens (primary N) is 1. The highest BCUT2D eigenvalue weighted by atomic mass is 19.4. The van der Waals surface area contributed by atoms with Crippen LogP contribution in [0, 0.1) is 12.7 Å². The number of alkyl halides is 3. The largest absolute Gasteiger partial charge is 0.479 e. The Balaban J connectivity index is 2.86. The molecule has 90 valence electrons. The molecular weight excluding hydrogens is 226 g/mol. The second-order valence-corrected chi connectivity index (χ2v) is 3.29. The van der Waals surface area contributed by atoms with Crippen molar-refractivity contribution in [2.45, 2.75) is 19.2 Å². The minimum absolute atomic E-state index is 0.0193. The van der Waals surface area contributed by atoms with Crippen LogP contribution in [0.15, 0.2) is 18.2 Å². The minimum Gasteiger partial charge on any atom is -0.479 e. The third-order valence-corrected chi connectivity index (χ3v) is 1.99. The zero-order valence-electron chi connectivity index (χ0n) is 8.51. The summed E-state index contributed by atoms with van der Waals surface area (Å²) in [7, 11) is 0. The molecule has 16 heavy (non-hydrogen) atoms. The maximum Gasteiger partial charge on any atom is 0.426 e. The normalized spacial score (nSPS) is 13.6. The number of rotatable bonds is 3. The first-order valence-electron chi connectivity index (χ1n) is 4.54. The fourth-order valence-electron chi connectivity index (χ4n) is 1.15. The van der Waals surface area contributed by atoms with E-state index in [1.165, 1.54) is 6.92 Å². The number of aryl methyl sites for hydroxylation is 1. The zero-order valence-corrected chi connectivity index (χ0v) is 8.51. The average molecular weight is 237 g/mol. The number of hydrogen-bond acceptors (Lipinski definition) is 2. The van der Waals surface area contributed by atoms with Crippen LogP contribution >= 0.6 is 0 Å². The number of halogens is 4. The molecule has 0 saturated carbocycles. The third-order valence-electron chi connectivity index (χ3n) is 1.99. The lowest BCUT2D eigenvalue weighted by Crippen LogP contribution is -2.40. The fourth-order valence-corrected chi connectivity index (χ4v) is 1.15. The summed E-state index contributed by atoms with van der Waals surface area (Å²) in [5, 5.41) is 0. The minimum atomic E-state index is -4.53. The smallest absolute Gasteiger partial charge is 0.426 e. The van der Waals surface area contributed by atoms with E-state index in [2.05, 4.69) is 0 Å². The molecular formula is C10H11F4NO. The van der Waals surface area contributed by atoms with Gasteiger partial charge in [0.25, 0.3) is 0 Å². The Labute approximate surface area is 90.0 Å². The first-order chi connectivity index (χ1) is 7.34. The van der Waals surface area contributed by atoms with E-state index in [9.17, 15) is 17.6 Å². The molecule has 0 heterocycles. The lowest BCUT2D eigenvalue weighted by atomic mass is 10.2. The molecule has 0 fully saturated rings. The van der Waals surface area contributed by atoms with Crippen molar-refractivity contribution in [3.05, 3.63) is 29.6 Å². The van der Waals surface area contributed by atoms with Gasteiger partial charge in [0, 0.05) is 6.54 Å². The molecule has 0 aliphatic rings. The summed E-state index contributed by atoms with van der Waals surface area (Å²) in [6, 6.07) is 3.28. The summed E-state index contributed by atoms with van der Waals surface area (Å²) < 4.78 is 54.4. The molecule has 0 amide bonds. The quantitative estimate of drug-likeness (QED) is 0.819. The van der Waals surface area contributed by atoms with Gasteiger partial charge < -0.3 is 10.5 Å². The molecule has 0 aliphatic carbocycles. The highest BCUT2D eigenvalue weighted by Gasteiger charge is 2.40. The van der Waals surface area contributed by atoms with Crippen LogP contribution in [-0.2, 0) is 0 Å². The summed E-state index contributed by atoms with van der Waals surface area (Å²) in [5.74, 6) is -0.546. The van der Waals surface area contributed by atoms with Gasteiger partial charge in [-0.05, 0) is 30.7 Å². The average Bonchev–Trinajstić information content (AvgIpc) is 2.14. The van der Waals surface area contributed by atoms with Crippen LogP contribution < -0.4 is 10.5 Å². The third kappa shape index (κ3) is 3.10. The Kier molecular flexibility index (Phi) is 3.74. The van der Waals surface area contributed by atoms with E-state index in [1.807, 2.05) is 0 Å². The summed E-state index contributed by atoms with van der Waals surface area (Å²) in [5.41, 5.74) is 5.26. The molecule has 0 saturated heterocycles. The molecule has 2 nitrogen and oxygen atoms in total. The lowest BCUT2D eigenvalue weighted by molar-refractivity contribution is -0.191. The fraction of sp³-hybridized carbons (Fsp3) is 0.400. The summed E-state index contributed by atoms with van der Waals surface area (Å²) in [4.78, 5) is 0. The van der Waals surface area contributed by atoms with Crippen LogP contribution in [0.4, 0.5) is 17.6 Å². The summed E-state index contributed by atoms with van der Waals surface area (Å²) in [6.07, 6.45) is -6.60. The van der Waals surface area contributed by atoms with Crippen molar-refractivity contribution in [2.24, 2.45) is 5.73 Å². The van der Waals surface area contributed by atoms with E-state index >= 15 is 0 Å². The summed E-state index contributed by atoms with van der Waals surface area (Å²) >= 11 is 0. The van der Waals surface area contributed by atoms with E-state index in [1.54, 1.807) is 0 Å². The van der Waals surface area contributed by atoms with Crippen LogP contribution in [0.3, 0.4) is 0 Å². The Hall–Kier alpha value is -1.30. The molecule has 1 aromatic rings. The van der Waals surface area contributed by atoms with Gasteiger partial charge in [-0.15, -0.1) is 0 Å². The van der Waals surface area contributed by atoms with Crippen molar-refractivity contribution in [3.8, 4) is 5.75 Å². The van der Waals surface area contributed by atoms with E-state index < -0.39 is 24.6 Å². The summed E-state index contributed by atoms with van der Waals surface area (Å²) in [6.45, 7) is 0.780. The second-order valence-electron chi connectivity index (χ2n) is 3.29. The highest BCUT2D eigenvalue weighted by molar-refractivity contribution is 5.32. The first kappa shape index (κ1) is 12.8. The zero-order chi connectivity index (χ0) is 12.3. The molecule has 0 aromatic heterocycles. The van der Waals surface area contributed by atoms with Gasteiger partial charge in [0.05, 0.1) is 0 Å². The van der Waals surface area contributed by atoms with Crippen LogP contribution in [0.1, 0.15) is 5.56 Å². The first-order valence-corrected chi connectivity index (χ1v) is 4.54. The van der Waals surface area contributed by atoms with Gasteiger partial charge >= 0.3 is 6.18 Å². The maximum absolute atomic E-state index is 12.7. The molecule has 1 aromatic carbocycles. The molecule has 1 unspecified atom stereocenters. The molecule has 1 rings (SSSR count). The Morgan fingerprint density at radius 1 is 1.38 bits per heavy atom. The predicted octanol–water partition coefficient (Wildman–Crippen LogP) is 2.40. The molecule has 0 spiro atoms. The Bertz CT molecular complexity index is 364. The van der Waals surface area contributed by atoms with Gasteiger partial charge in [-0.2, -0.15) is 13.2 Å². The molecule has 2 N–H and O–H groups in total. The van der Waals surface area contributed by atoms with E-state index in [0.29, 0.717) is 5.56 Å². The van der Waals surface area contributed by atoms with Crippen LogP contribution in [0.2, 0.25) is 0 Å². The van der Waals surface area contributed by atoms with Gasteiger partial charge in [0.1, 0.15) is 11.6 Å². The van der Waals surface area contributed by atoms with E-state index in [0.717, 1.165) is 18.2 Å². The molecule has 0 bridgehead atoms. The van der Waals surface area contributed by atoms with Crippen molar-refractivity contribution in [3.63, 3.8) is 0 Å². The van der Waals surface area contributed by atoms with Crippen LogP contribution in [0.5, 0.6) is 5.75 Å². The number of ether oxygens (including phenoxy) is 1. The van der Waals surface area contributed by atoms with Crippen LogP contribution in [-0.4, -0.2) is 18.8 Å². The monoisotopic (exact) mass is 237 g/mol. The maximum atomic E-state index is 12.7. The number of hydrogen-bond donors (Lipinski definition) is 1. The van der Waals surface area contributed by atoms with Crippen molar-refractivity contribution in [1.29, 1.82) is 0 Å². The number of benzene rings is 1. The van der Waals surface area contributed by atoms with E-state index in [4.69, 9.17) is 10.5 Å². The van der Waals surface area contributed by atoms with Gasteiger partial charge in [-0.25, -0.2) is 4.39 Å². The van der Waals surface area contributed by atoms with Crippen molar-refractivity contribution in [2.75, 3.05) is 6.54 Å². The molecule has 0 radical (unpaired) electrons.